The Hall–Kier alpha value is 0.940. The molecule has 12 heavy (non-hydrogen) atoms. The van der Waals surface area contributed by atoms with Gasteiger partial charge in [0.25, 0.3) is 0 Å². The minimum atomic E-state index is 0.229. The Kier molecular flexibility index (Phi) is 2.99. The van der Waals surface area contributed by atoms with Gasteiger partial charge < -0.3 is 0 Å². The zero-order chi connectivity index (χ0) is 9.57. The third-order valence-corrected chi connectivity index (χ3v) is 4.84. The van der Waals surface area contributed by atoms with Gasteiger partial charge >= 0.3 is 0 Å². The van der Waals surface area contributed by atoms with Gasteiger partial charge in [-0.25, -0.2) is 0 Å². The summed E-state index contributed by atoms with van der Waals surface area (Å²) in [5, 5.41) is 0. The molecule has 2 atom stereocenters. The Bertz CT molecular complexity index is 229. The van der Waals surface area contributed by atoms with Crippen LogP contribution in [0.5, 0.6) is 0 Å². The van der Waals surface area contributed by atoms with E-state index < -0.39 is 0 Å². The molecule has 0 amide bonds. The molecule has 0 aromatic carbocycles. The highest BCUT2D eigenvalue weighted by Crippen LogP contribution is 2.42. The Morgan fingerprint density at radius 3 is 1.42 bits per heavy atom. The maximum atomic E-state index is 2.50. The fourth-order valence-electron chi connectivity index (χ4n) is 1.32. The van der Waals surface area contributed by atoms with Gasteiger partial charge in [0.15, 0.2) is 0 Å². The van der Waals surface area contributed by atoms with Crippen molar-refractivity contribution in [1.29, 1.82) is 0 Å². The van der Waals surface area contributed by atoms with Crippen LogP contribution in [-0.4, -0.2) is 6.84 Å². The van der Waals surface area contributed by atoms with Crippen molar-refractivity contribution in [3.63, 3.8) is 0 Å². The molecule has 1 rings (SSSR count). The number of rotatable bonds is 0. The third-order valence-electron chi connectivity index (χ3n) is 2.52. The number of hydrogen-bond acceptors (Lipinski definition) is 0. The van der Waals surface area contributed by atoms with E-state index in [0.29, 0.717) is 0 Å². The van der Waals surface area contributed by atoms with Crippen LogP contribution in [0.4, 0.5) is 0 Å². The van der Waals surface area contributed by atoms with E-state index in [9.17, 15) is 0 Å². The summed E-state index contributed by atoms with van der Waals surface area (Å²) in [5.41, 5.74) is 2.93. The SMILES string of the molecule is CC1=CC(C)(I)C(C)=CC1(C)I. The van der Waals surface area contributed by atoms with Gasteiger partial charge in [-0.15, -0.1) is 0 Å². The number of alkyl halides is 2. The van der Waals surface area contributed by atoms with Crippen molar-refractivity contribution >= 4 is 45.2 Å². The first kappa shape index (κ1) is 11.0. The van der Waals surface area contributed by atoms with Crippen LogP contribution in [0.25, 0.3) is 0 Å². The minimum absolute atomic E-state index is 0.229. The predicted octanol–water partition coefficient (Wildman–Crippen LogP) is 4.28. The molecule has 0 radical (unpaired) electrons. The maximum Gasteiger partial charge on any atom is 0.0582 e. The molecule has 0 spiro atoms. The minimum Gasteiger partial charge on any atom is -0.0697 e. The molecule has 0 saturated heterocycles. The number of hydrogen-bond donors (Lipinski definition) is 0. The van der Waals surface area contributed by atoms with Gasteiger partial charge in [0.1, 0.15) is 0 Å². The molecule has 2 heteroatoms. The summed E-state index contributed by atoms with van der Waals surface area (Å²) in [4.78, 5) is 0. The molecule has 68 valence electrons. The molecule has 0 aromatic rings. The van der Waals surface area contributed by atoms with Crippen LogP contribution in [-0.2, 0) is 0 Å². The zero-order valence-corrected chi connectivity index (χ0v) is 12.2. The molecule has 0 bridgehead atoms. The van der Waals surface area contributed by atoms with Gasteiger partial charge in [-0.3, -0.25) is 0 Å². The summed E-state index contributed by atoms with van der Waals surface area (Å²) in [6, 6.07) is 0. The molecular formula is C10H14I2. The van der Waals surface area contributed by atoms with E-state index in [4.69, 9.17) is 0 Å². The van der Waals surface area contributed by atoms with Crippen molar-refractivity contribution in [3.8, 4) is 0 Å². The Labute approximate surface area is 102 Å². The van der Waals surface area contributed by atoms with Crippen molar-refractivity contribution in [1.82, 2.24) is 0 Å². The third kappa shape index (κ3) is 2.05. The van der Waals surface area contributed by atoms with Crippen molar-refractivity contribution in [3.05, 3.63) is 23.3 Å². The van der Waals surface area contributed by atoms with Gasteiger partial charge in [0, 0.05) is 0 Å². The second-order valence-electron chi connectivity index (χ2n) is 3.81. The van der Waals surface area contributed by atoms with Gasteiger partial charge in [-0.1, -0.05) is 68.5 Å². The zero-order valence-electron chi connectivity index (χ0n) is 7.91. The topological polar surface area (TPSA) is 0 Å². The second-order valence-corrected chi connectivity index (χ2v) is 8.29. The summed E-state index contributed by atoms with van der Waals surface area (Å²) in [7, 11) is 0. The highest BCUT2D eigenvalue weighted by molar-refractivity contribution is 14.1. The van der Waals surface area contributed by atoms with Gasteiger partial charge in [0.2, 0.25) is 0 Å². The molecule has 0 fully saturated rings. The average Bonchev–Trinajstić information content (AvgIpc) is 1.82. The summed E-state index contributed by atoms with van der Waals surface area (Å²) in [6.45, 7) is 8.95. The normalized spacial score (nSPS) is 42.2. The van der Waals surface area contributed by atoms with Gasteiger partial charge in [0.05, 0.1) is 6.84 Å². The smallest absolute Gasteiger partial charge is 0.0582 e. The average molecular weight is 388 g/mol. The number of halogens is 2. The van der Waals surface area contributed by atoms with Crippen molar-refractivity contribution in [2.45, 2.75) is 34.5 Å². The summed E-state index contributed by atoms with van der Waals surface area (Å²) in [5.74, 6) is 0. The molecule has 0 saturated carbocycles. The van der Waals surface area contributed by atoms with Crippen molar-refractivity contribution < 1.29 is 0 Å². The highest BCUT2D eigenvalue weighted by atomic mass is 127. The van der Waals surface area contributed by atoms with Gasteiger partial charge in [-0.2, -0.15) is 0 Å². The second kappa shape index (κ2) is 3.26. The predicted molar refractivity (Wildman–Crippen MR) is 72.4 cm³/mol. The maximum absolute atomic E-state index is 2.50. The van der Waals surface area contributed by atoms with Crippen LogP contribution in [0.3, 0.4) is 0 Å². The van der Waals surface area contributed by atoms with E-state index in [1.54, 1.807) is 0 Å². The molecule has 0 heterocycles. The summed E-state index contributed by atoms with van der Waals surface area (Å²) >= 11 is 5.00. The lowest BCUT2D eigenvalue weighted by atomic mass is 9.86. The molecule has 2 unspecified atom stereocenters. The largest absolute Gasteiger partial charge is 0.0697 e. The van der Waals surface area contributed by atoms with Crippen LogP contribution >= 0.6 is 45.2 Å². The van der Waals surface area contributed by atoms with E-state index in [1.165, 1.54) is 11.1 Å². The van der Waals surface area contributed by atoms with E-state index in [1.807, 2.05) is 0 Å². The van der Waals surface area contributed by atoms with E-state index in [-0.39, 0.29) is 6.84 Å². The standard InChI is InChI=1S/C10H14I2/c1-7-5-10(4,12)8(2)6-9(7,3)11/h5-6H,1-4H3. The first-order chi connectivity index (χ1) is 5.26. The molecule has 1 aliphatic carbocycles. The highest BCUT2D eigenvalue weighted by Gasteiger charge is 2.31. The van der Waals surface area contributed by atoms with Crippen LogP contribution in [0, 0.1) is 0 Å². The summed E-state index contributed by atoms with van der Waals surface area (Å²) in [6.07, 6.45) is 4.74. The van der Waals surface area contributed by atoms with E-state index in [2.05, 4.69) is 85.0 Å². The lowest BCUT2D eigenvalue weighted by Crippen LogP contribution is -2.27. The Morgan fingerprint density at radius 1 is 0.917 bits per heavy atom. The van der Waals surface area contributed by atoms with Crippen molar-refractivity contribution in [2.75, 3.05) is 0 Å². The molecule has 0 nitrogen and oxygen atoms in total. The van der Waals surface area contributed by atoms with Crippen LogP contribution < -0.4 is 0 Å². The number of allylic oxidation sites excluding steroid dienone is 4. The van der Waals surface area contributed by atoms with Crippen molar-refractivity contribution in [2.24, 2.45) is 0 Å². The van der Waals surface area contributed by atoms with Crippen LogP contribution in [0.15, 0.2) is 23.3 Å². The van der Waals surface area contributed by atoms with Crippen LogP contribution in [0.2, 0.25) is 0 Å². The lowest BCUT2D eigenvalue weighted by Gasteiger charge is -2.33. The summed E-state index contributed by atoms with van der Waals surface area (Å²) < 4.78 is 0.457. The first-order valence-corrected chi connectivity index (χ1v) is 6.19. The lowest BCUT2D eigenvalue weighted by molar-refractivity contribution is 0.837. The van der Waals surface area contributed by atoms with E-state index >= 15 is 0 Å². The van der Waals surface area contributed by atoms with Gasteiger partial charge in [-0.05, 0) is 27.7 Å². The van der Waals surface area contributed by atoms with E-state index in [0.717, 1.165) is 0 Å². The Balaban J connectivity index is 3.13. The fourth-order valence-corrected chi connectivity index (χ4v) is 2.57. The molecular weight excluding hydrogens is 374 g/mol. The fraction of sp³-hybridized carbons (Fsp3) is 0.600. The molecule has 1 aliphatic rings. The molecule has 0 aliphatic heterocycles. The Morgan fingerprint density at radius 2 is 1.17 bits per heavy atom. The van der Waals surface area contributed by atoms with Crippen LogP contribution in [0.1, 0.15) is 27.7 Å². The molecule has 0 N–H and O–H groups in total. The first-order valence-electron chi connectivity index (χ1n) is 4.03. The monoisotopic (exact) mass is 388 g/mol. The molecule has 0 aromatic heterocycles. The quantitative estimate of drug-likeness (QED) is 0.330.